The summed E-state index contributed by atoms with van der Waals surface area (Å²) in [6.07, 6.45) is 3.76. The lowest BCUT2D eigenvalue weighted by molar-refractivity contribution is -0.142. The van der Waals surface area contributed by atoms with E-state index >= 15 is 0 Å². The topological polar surface area (TPSA) is 125 Å². The summed E-state index contributed by atoms with van der Waals surface area (Å²) in [5.41, 5.74) is 0.601. The van der Waals surface area contributed by atoms with Crippen molar-refractivity contribution in [2.24, 2.45) is 11.8 Å². The number of nitrogens with one attached hydrogen (secondary N) is 1. The van der Waals surface area contributed by atoms with E-state index in [-0.39, 0.29) is 18.1 Å². The Morgan fingerprint density at radius 1 is 1.11 bits per heavy atom. The quantitative estimate of drug-likeness (QED) is 0.444. The number of benzene rings is 2. The number of ether oxygens (including phenoxy) is 2. The van der Waals surface area contributed by atoms with E-state index in [0.29, 0.717) is 48.6 Å². The van der Waals surface area contributed by atoms with Gasteiger partial charge in [-0.15, -0.1) is 0 Å². The molecule has 0 aromatic heterocycles. The smallest absolute Gasteiger partial charge is 0.329 e. The second-order valence-electron chi connectivity index (χ2n) is 9.69. The first-order valence-electron chi connectivity index (χ1n) is 12.4. The van der Waals surface area contributed by atoms with Crippen molar-refractivity contribution in [3.63, 3.8) is 0 Å². The number of phenolic OH excluding ortho intramolecular Hbond substituents is 1. The highest BCUT2D eigenvalue weighted by Crippen LogP contribution is 2.34. The molecule has 0 radical (unpaired) electrons. The maximum Gasteiger partial charge on any atom is 0.329 e. The van der Waals surface area contributed by atoms with Crippen molar-refractivity contribution in [3.8, 4) is 17.2 Å². The molecule has 1 aliphatic carbocycles. The summed E-state index contributed by atoms with van der Waals surface area (Å²) in [7, 11) is 0. The molecule has 2 amide bonds. The fourth-order valence-electron chi connectivity index (χ4n) is 4.91. The number of aromatic hydroxyl groups is 1. The molecule has 10 heteroatoms. The minimum Gasteiger partial charge on any atom is -0.505 e. The summed E-state index contributed by atoms with van der Waals surface area (Å²) < 4.78 is 25.7. The monoisotopic (exact) mass is 514 g/mol. The first kappa shape index (κ1) is 26.2. The number of fused-ring (bicyclic) bond motifs is 1. The standard InChI is InChI=1S/C27H31FN2O7/c1-16(31)29-22(27(34)35)15-37-21-4-2-3-20(11-21)36-14-18-7-5-17(6-8-18)12-30-13-19-9-10-23(32)25(28)24(19)26(30)33/h2-4,9-11,17-18,22,32H,5-8,12-15H2,1H3,(H,29,31)(H,34,35). The normalized spacial score (nSPS) is 19.7. The number of carboxylic acids is 1. The number of carbonyl (C=O) groups is 3. The Morgan fingerprint density at radius 3 is 2.46 bits per heavy atom. The summed E-state index contributed by atoms with van der Waals surface area (Å²) in [6.45, 7) is 2.50. The van der Waals surface area contributed by atoms with E-state index < -0.39 is 29.5 Å². The summed E-state index contributed by atoms with van der Waals surface area (Å²) in [6, 6.07) is 8.68. The zero-order chi connectivity index (χ0) is 26.5. The number of rotatable bonds is 10. The molecule has 3 N–H and O–H groups in total. The Labute approximate surface area is 214 Å². The highest BCUT2D eigenvalue weighted by molar-refractivity contribution is 5.99. The third kappa shape index (κ3) is 6.49. The maximum atomic E-state index is 14.2. The van der Waals surface area contributed by atoms with E-state index in [4.69, 9.17) is 9.47 Å². The summed E-state index contributed by atoms with van der Waals surface area (Å²) in [5, 5.41) is 21.1. The molecule has 0 saturated heterocycles. The minimum absolute atomic E-state index is 0.0121. The van der Waals surface area contributed by atoms with Crippen LogP contribution in [-0.4, -0.2) is 58.7 Å². The van der Waals surface area contributed by atoms with Gasteiger partial charge in [-0.1, -0.05) is 12.1 Å². The molecular formula is C27H31FN2O7. The van der Waals surface area contributed by atoms with Crippen LogP contribution >= 0.6 is 0 Å². The van der Waals surface area contributed by atoms with Gasteiger partial charge in [-0.3, -0.25) is 9.59 Å². The van der Waals surface area contributed by atoms with Crippen molar-refractivity contribution < 1.29 is 38.5 Å². The fourth-order valence-corrected chi connectivity index (χ4v) is 4.91. The largest absolute Gasteiger partial charge is 0.505 e. The Morgan fingerprint density at radius 2 is 1.78 bits per heavy atom. The van der Waals surface area contributed by atoms with E-state index in [0.717, 1.165) is 25.7 Å². The Hall–Kier alpha value is -3.82. The third-order valence-electron chi connectivity index (χ3n) is 6.90. The minimum atomic E-state index is -1.18. The zero-order valence-corrected chi connectivity index (χ0v) is 20.6. The molecule has 1 atom stereocenters. The van der Waals surface area contributed by atoms with E-state index in [1.165, 1.54) is 13.0 Å². The first-order chi connectivity index (χ1) is 17.7. The molecule has 1 heterocycles. The second kappa shape index (κ2) is 11.5. The van der Waals surface area contributed by atoms with Gasteiger partial charge in [0.1, 0.15) is 18.1 Å². The summed E-state index contributed by atoms with van der Waals surface area (Å²) >= 11 is 0. The van der Waals surface area contributed by atoms with Crippen LogP contribution in [0, 0.1) is 17.7 Å². The van der Waals surface area contributed by atoms with Gasteiger partial charge in [0, 0.05) is 26.1 Å². The molecule has 4 rings (SSSR count). The molecule has 37 heavy (non-hydrogen) atoms. The van der Waals surface area contributed by atoms with Crippen LogP contribution in [0.25, 0.3) is 0 Å². The molecule has 0 spiro atoms. The van der Waals surface area contributed by atoms with Crippen LogP contribution in [0.15, 0.2) is 36.4 Å². The van der Waals surface area contributed by atoms with Gasteiger partial charge in [0.05, 0.1) is 12.2 Å². The number of hydrogen-bond acceptors (Lipinski definition) is 6. The number of phenols is 1. The Balaban J connectivity index is 1.21. The van der Waals surface area contributed by atoms with E-state index in [2.05, 4.69) is 5.32 Å². The number of aliphatic carboxylic acids is 1. The third-order valence-corrected chi connectivity index (χ3v) is 6.90. The highest BCUT2D eigenvalue weighted by atomic mass is 19.1. The van der Waals surface area contributed by atoms with Gasteiger partial charge in [-0.25, -0.2) is 9.18 Å². The Bertz CT molecular complexity index is 1160. The Kier molecular flexibility index (Phi) is 8.15. The molecule has 2 aromatic carbocycles. The molecule has 198 valence electrons. The fraction of sp³-hybridized carbons (Fsp3) is 0.444. The molecule has 2 aliphatic rings. The predicted octanol–water partition coefficient (Wildman–Crippen LogP) is 3.34. The molecule has 0 bridgehead atoms. The molecule has 1 aliphatic heterocycles. The van der Waals surface area contributed by atoms with Crippen LogP contribution in [0.2, 0.25) is 0 Å². The number of amides is 2. The van der Waals surface area contributed by atoms with Gasteiger partial charge in [0.25, 0.3) is 5.91 Å². The lowest BCUT2D eigenvalue weighted by atomic mass is 9.82. The van der Waals surface area contributed by atoms with Crippen LogP contribution in [0.4, 0.5) is 4.39 Å². The maximum absolute atomic E-state index is 14.2. The molecular weight excluding hydrogens is 483 g/mol. The number of carbonyl (C=O) groups excluding carboxylic acids is 2. The lowest BCUT2D eigenvalue weighted by Crippen LogP contribution is -2.43. The molecule has 2 aromatic rings. The van der Waals surface area contributed by atoms with Crippen LogP contribution in [-0.2, 0) is 16.1 Å². The summed E-state index contributed by atoms with van der Waals surface area (Å²) in [4.78, 5) is 36.7. The van der Waals surface area contributed by atoms with Crippen molar-refractivity contribution in [2.45, 2.75) is 45.2 Å². The number of nitrogens with zero attached hydrogens (tertiary/aromatic N) is 1. The summed E-state index contributed by atoms with van der Waals surface area (Å²) in [5.74, 6) is -1.59. The molecule has 9 nitrogen and oxygen atoms in total. The van der Waals surface area contributed by atoms with Crippen molar-refractivity contribution in [1.82, 2.24) is 10.2 Å². The van der Waals surface area contributed by atoms with Gasteiger partial charge >= 0.3 is 5.97 Å². The number of carboxylic acid groups (broad SMARTS) is 1. The number of halogens is 1. The number of hydrogen-bond donors (Lipinski definition) is 3. The van der Waals surface area contributed by atoms with E-state index in [9.17, 15) is 29.0 Å². The average Bonchev–Trinajstić information content (AvgIpc) is 3.19. The van der Waals surface area contributed by atoms with Crippen LogP contribution in [0.3, 0.4) is 0 Å². The SMILES string of the molecule is CC(=O)NC(COc1cccc(OCC2CCC(CN3Cc4ccc(O)c(F)c4C3=O)CC2)c1)C(=O)O. The van der Waals surface area contributed by atoms with Crippen molar-refractivity contribution in [2.75, 3.05) is 19.8 Å². The van der Waals surface area contributed by atoms with Gasteiger partial charge in [0.2, 0.25) is 5.91 Å². The van der Waals surface area contributed by atoms with Gasteiger partial charge in [-0.05, 0) is 61.3 Å². The van der Waals surface area contributed by atoms with Crippen molar-refractivity contribution in [1.29, 1.82) is 0 Å². The van der Waals surface area contributed by atoms with E-state index in [1.54, 1.807) is 35.2 Å². The lowest BCUT2D eigenvalue weighted by Gasteiger charge is -2.31. The zero-order valence-electron chi connectivity index (χ0n) is 20.6. The van der Waals surface area contributed by atoms with Gasteiger partial charge in [0.15, 0.2) is 17.6 Å². The molecule has 1 fully saturated rings. The average molecular weight is 515 g/mol. The predicted molar refractivity (Wildman–Crippen MR) is 131 cm³/mol. The van der Waals surface area contributed by atoms with E-state index in [1.807, 2.05) is 0 Å². The highest BCUT2D eigenvalue weighted by Gasteiger charge is 2.34. The van der Waals surface area contributed by atoms with Crippen LogP contribution in [0.5, 0.6) is 17.2 Å². The van der Waals surface area contributed by atoms with Gasteiger partial charge in [-0.2, -0.15) is 0 Å². The van der Waals surface area contributed by atoms with Crippen LogP contribution in [0.1, 0.15) is 48.5 Å². The van der Waals surface area contributed by atoms with Crippen LogP contribution < -0.4 is 14.8 Å². The van der Waals surface area contributed by atoms with Gasteiger partial charge < -0.3 is 29.9 Å². The first-order valence-corrected chi connectivity index (χ1v) is 12.4. The van der Waals surface area contributed by atoms with Crippen molar-refractivity contribution in [3.05, 3.63) is 53.3 Å². The second-order valence-corrected chi connectivity index (χ2v) is 9.69. The molecule has 1 unspecified atom stereocenters. The molecule has 1 saturated carbocycles. The van der Waals surface area contributed by atoms with Crippen molar-refractivity contribution >= 4 is 17.8 Å².